The van der Waals surface area contributed by atoms with Crippen molar-refractivity contribution in [3.63, 3.8) is 0 Å². The van der Waals surface area contributed by atoms with E-state index < -0.39 is 29.9 Å². The Morgan fingerprint density at radius 2 is 1.33 bits per heavy atom. The van der Waals surface area contributed by atoms with Gasteiger partial charge in [0, 0.05) is 28.5 Å². The van der Waals surface area contributed by atoms with Gasteiger partial charge in [0.15, 0.2) is 5.65 Å². The van der Waals surface area contributed by atoms with Gasteiger partial charge in [0.2, 0.25) is 6.35 Å². The zero-order valence-corrected chi connectivity index (χ0v) is 20.3. The highest BCUT2D eigenvalue weighted by Gasteiger charge is 2.73. The number of anilines is 3. The number of aromatic nitrogens is 4. The maximum atomic E-state index is 14.2. The predicted molar refractivity (Wildman–Crippen MR) is 130 cm³/mol. The van der Waals surface area contributed by atoms with Gasteiger partial charge in [-0.25, -0.2) is 19.0 Å². The van der Waals surface area contributed by atoms with Crippen LogP contribution < -0.4 is 16.4 Å². The number of benzene rings is 2. The van der Waals surface area contributed by atoms with Crippen molar-refractivity contribution in [1.29, 1.82) is 0 Å². The van der Waals surface area contributed by atoms with Crippen molar-refractivity contribution in [3.05, 3.63) is 60.4 Å². The second-order valence-corrected chi connectivity index (χ2v) is 8.84. The number of rotatable bonds is 7. The largest absolute Gasteiger partial charge is 0.435 e. The number of nitrogens with zero attached hydrogens (tertiary/aromatic N) is 4. The van der Waals surface area contributed by atoms with Crippen LogP contribution in [0, 0.1) is 0 Å². The first kappa shape index (κ1) is 27.9. The highest BCUT2D eigenvalue weighted by molar-refractivity contribution is 5.98. The Balaban J connectivity index is 1.49. The highest BCUT2D eigenvalue weighted by atomic mass is 19.4. The van der Waals surface area contributed by atoms with Crippen molar-refractivity contribution in [2.24, 2.45) is 0 Å². The first-order chi connectivity index (χ1) is 18.1. The van der Waals surface area contributed by atoms with Gasteiger partial charge in [0.25, 0.3) is 0 Å². The minimum atomic E-state index is -6.22. The molecular weight excluding hydrogens is 535 g/mol. The number of nitrogen functional groups attached to an aromatic ring is 1. The smallest absolute Gasteiger partial charge is 0.383 e. The average Bonchev–Trinajstić information content (AvgIpc) is 3.24. The molecule has 0 amide bonds. The molecule has 0 aliphatic rings. The van der Waals surface area contributed by atoms with Crippen LogP contribution in [0.25, 0.3) is 22.3 Å². The third-order valence-electron chi connectivity index (χ3n) is 5.84. The van der Waals surface area contributed by atoms with Gasteiger partial charge < -0.3 is 21.5 Å². The quantitative estimate of drug-likeness (QED) is 0.169. The zero-order chi connectivity index (χ0) is 28.8. The van der Waals surface area contributed by atoms with E-state index in [0.29, 0.717) is 40.1 Å². The number of alkyl halides is 7. The van der Waals surface area contributed by atoms with E-state index in [1.165, 1.54) is 6.33 Å². The van der Waals surface area contributed by atoms with Crippen LogP contribution in [0.3, 0.4) is 0 Å². The molecule has 8 nitrogen and oxygen atoms in total. The third kappa shape index (κ3) is 5.13. The molecule has 1 atom stereocenters. The molecule has 0 saturated carbocycles. The molecule has 0 bridgehead atoms. The molecule has 208 valence electrons. The fourth-order valence-corrected chi connectivity index (χ4v) is 3.92. The minimum Gasteiger partial charge on any atom is -0.383 e. The zero-order valence-electron chi connectivity index (χ0n) is 20.3. The molecule has 0 fully saturated rings. The molecule has 2 heterocycles. The van der Waals surface area contributed by atoms with Crippen molar-refractivity contribution in [2.75, 3.05) is 16.4 Å². The van der Waals surface area contributed by atoms with E-state index in [2.05, 4.69) is 25.7 Å². The standard InChI is InChI=1S/C24H22F7N7O/c1-12(2)38-20-17(19(32)33-11-34-20)18(37-38)13-3-7-15(8-4-13)35-21(39)36-16-9-5-14(6-10-16)22(25,23(26,27)28)24(29,30)31/h3-12,21,35-36,39H,1-2H3,(H2,32,33,34). The van der Waals surface area contributed by atoms with E-state index in [9.17, 15) is 35.8 Å². The topological polar surface area (TPSA) is 114 Å². The van der Waals surface area contributed by atoms with Crippen LogP contribution in [0.2, 0.25) is 0 Å². The fourth-order valence-electron chi connectivity index (χ4n) is 3.92. The molecule has 0 aliphatic heterocycles. The Bertz CT molecular complexity index is 1440. The first-order valence-electron chi connectivity index (χ1n) is 11.4. The lowest BCUT2D eigenvalue weighted by Gasteiger charge is -2.30. The van der Waals surface area contributed by atoms with Gasteiger partial charge in [-0.1, -0.05) is 24.3 Å². The second-order valence-electron chi connectivity index (χ2n) is 8.84. The lowest BCUT2D eigenvalue weighted by Crippen LogP contribution is -2.50. The van der Waals surface area contributed by atoms with Crippen LogP contribution in [-0.4, -0.2) is 43.6 Å². The van der Waals surface area contributed by atoms with Crippen LogP contribution in [0.1, 0.15) is 25.5 Å². The van der Waals surface area contributed by atoms with E-state index in [1.807, 2.05) is 13.8 Å². The van der Waals surface area contributed by atoms with Gasteiger partial charge in [-0.15, -0.1) is 0 Å². The Morgan fingerprint density at radius 1 is 0.821 bits per heavy atom. The van der Waals surface area contributed by atoms with Crippen LogP contribution in [-0.2, 0) is 5.67 Å². The first-order valence-corrected chi connectivity index (χ1v) is 11.4. The molecule has 0 spiro atoms. The molecule has 15 heteroatoms. The van der Waals surface area contributed by atoms with Gasteiger partial charge in [0.05, 0.1) is 5.39 Å². The number of nitrogens with one attached hydrogen (secondary N) is 2. The van der Waals surface area contributed by atoms with E-state index >= 15 is 0 Å². The minimum absolute atomic E-state index is 0.00461. The Hall–Kier alpha value is -4.14. The Morgan fingerprint density at radius 3 is 1.82 bits per heavy atom. The summed E-state index contributed by atoms with van der Waals surface area (Å²) in [5.41, 5.74) is 1.02. The van der Waals surface area contributed by atoms with Crippen LogP contribution in [0.15, 0.2) is 54.9 Å². The fraction of sp³-hybridized carbons (Fsp3) is 0.292. The Labute approximate surface area is 216 Å². The summed E-state index contributed by atoms with van der Waals surface area (Å²) in [6, 6.07) is 8.86. The average molecular weight is 557 g/mol. The summed E-state index contributed by atoms with van der Waals surface area (Å²) in [5.74, 6) is 0.255. The van der Waals surface area contributed by atoms with Gasteiger partial charge in [-0.2, -0.15) is 31.4 Å². The molecule has 0 saturated heterocycles. The summed E-state index contributed by atoms with van der Waals surface area (Å²) in [4.78, 5) is 8.31. The van der Waals surface area contributed by atoms with Gasteiger partial charge >= 0.3 is 18.0 Å². The molecule has 4 rings (SSSR count). The van der Waals surface area contributed by atoms with Crippen molar-refractivity contribution >= 4 is 28.2 Å². The molecule has 2 aromatic heterocycles. The summed E-state index contributed by atoms with van der Waals surface area (Å²) >= 11 is 0. The molecule has 39 heavy (non-hydrogen) atoms. The number of nitrogens with two attached hydrogens (primary N) is 1. The maximum absolute atomic E-state index is 14.2. The SMILES string of the molecule is CC(C)n1nc(-c2ccc(NC(O)Nc3ccc(C(F)(C(F)(F)F)C(F)(F)F)cc3)cc2)c2c(N)ncnc21. The number of aliphatic hydroxyl groups excluding tert-OH is 1. The van der Waals surface area contributed by atoms with E-state index in [1.54, 1.807) is 28.9 Å². The molecule has 2 aromatic carbocycles. The number of hydrogen-bond donors (Lipinski definition) is 4. The monoisotopic (exact) mass is 557 g/mol. The van der Waals surface area contributed by atoms with Crippen LogP contribution in [0.4, 0.5) is 47.9 Å². The summed E-state index contributed by atoms with van der Waals surface area (Å²) < 4.78 is 93.5. The molecule has 0 radical (unpaired) electrons. The molecule has 1 unspecified atom stereocenters. The second kappa shape index (κ2) is 9.87. The van der Waals surface area contributed by atoms with Crippen molar-refractivity contribution < 1.29 is 35.8 Å². The molecule has 0 aliphatic carbocycles. The summed E-state index contributed by atoms with van der Waals surface area (Å²) in [6.45, 7) is 3.87. The number of halogens is 7. The van der Waals surface area contributed by atoms with E-state index in [4.69, 9.17) is 5.73 Å². The van der Waals surface area contributed by atoms with E-state index in [0.717, 1.165) is 12.1 Å². The van der Waals surface area contributed by atoms with Crippen molar-refractivity contribution in [3.8, 4) is 11.3 Å². The van der Waals surface area contributed by atoms with Gasteiger partial charge in [-0.05, 0) is 38.1 Å². The Kier molecular flexibility index (Phi) is 7.06. The summed E-state index contributed by atoms with van der Waals surface area (Å²) in [6.07, 6.45) is -12.6. The number of aliphatic hydroxyl groups is 1. The van der Waals surface area contributed by atoms with Crippen LogP contribution in [0.5, 0.6) is 0 Å². The maximum Gasteiger partial charge on any atom is 0.435 e. The van der Waals surface area contributed by atoms with Gasteiger partial charge in [-0.3, -0.25) is 0 Å². The van der Waals surface area contributed by atoms with E-state index in [-0.39, 0.29) is 17.5 Å². The lowest BCUT2D eigenvalue weighted by molar-refractivity contribution is -0.348. The summed E-state index contributed by atoms with van der Waals surface area (Å²) in [7, 11) is 0. The lowest BCUT2D eigenvalue weighted by atomic mass is 9.94. The normalized spacial score (nSPS) is 13.6. The number of hydrogen-bond acceptors (Lipinski definition) is 7. The third-order valence-corrected chi connectivity index (χ3v) is 5.84. The highest BCUT2D eigenvalue weighted by Crippen LogP contribution is 2.53. The number of fused-ring (bicyclic) bond motifs is 1. The summed E-state index contributed by atoms with van der Waals surface area (Å²) in [5, 5.41) is 20.6. The van der Waals surface area contributed by atoms with Gasteiger partial charge in [0.1, 0.15) is 17.8 Å². The molecule has 4 aromatic rings. The molecule has 5 N–H and O–H groups in total. The predicted octanol–water partition coefficient (Wildman–Crippen LogP) is 5.75. The molecular formula is C24H22F7N7O. The van der Waals surface area contributed by atoms with Crippen molar-refractivity contribution in [1.82, 2.24) is 19.7 Å². The van der Waals surface area contributed by atoms with Crippen LogP contribution >= 0.6 is 0 Å². The van der Waals surface area contributed by atoms with Crippen molar-refractivity contribution in [2.45, 2.75) is 44.3 Å².